The Morgan fingerprint density at radius 2 is 2.06 bits per heavy atom. The predicted octanol–water partition coefficient (Wildman–Crippen LogP) is 2.37. The number of carboxylic acid groups (broad SMARTS) is 1. The van der Waals surface area contributed by atoms with Crippen molar-refractivity contribution < 1.29 is 9.90 Å². The summed E-state index contributed by atoms with van der Waals surface area (Å²) in [6.07, 6.45) is 0.919. The molecule has 0 amide bonds. The van der Waals surface area contributed by atoms with E-state index in [9.17, 15) is 4.79 Å². The van der Waals surface area contributed by atoms with Crippen LogP contribution in [0.5, 0.6) is 0 Å². The highest BCUT2D eigenvalue weighted by atomic mass is 35.5. The first kappa shape index (κ1) is 14.9. The van der Waals surface area contributed by atoms with Crippen molar-refractivity contribution in [2.45, 2.75) is 26.3 Å². The van der Waals surface area contributed by atoms with Crippen LogP contribution in [-0.2, 0) is 11.3 Å². The lowest BCUT2D eigenvalue weighted by Crippen LogP contribution is -2.16. The molecule has 1 aromatic carbocycles. The number of hydrogen-bond donors (Lipinski definition) is 2. The molecule has 0 unspecified atom stereocenters. The Morgan fingerprint density at radius 3 is 2.69 bits per heavy atom. The molecule has 0 saturated carbocycles. The van der Waals surface area contributed by atoms with Crippen LogP contribution in [0.3, 0.4) is 0 Å². The summed E-state index contributed by atoms with van der Waals surface area (Å²) in [6, 6.07) is 8.19. The van der Waals surface area contributed by atoms with Crippen LogP contribution in [-0.4, -0.2) is 17.6 Å². The molecule has 0 aromatic heterocycles. The van der Waals surface area contributed by atoms with Crippen LogP contribution in [0.15, 0.2) is 24.3 Å². The molecular formula is C12H18ClNO2. The first-order chi connectivity index (χ1) is 7.20. The number of rotatable bonds is 6. The maximum atomic E-state index is 10.3. The van der Waals surface area contributed by atoms with Gasteiger partial charge in [0.2, 0.25) is 0 Å². The Kier molecular flexibility index (Phi) is 7.60. The van der Waals surface area contributed by atoms with Gasteiger partial charge in [0, 0.05) is 13.0 Å². The highest BCUT2D eigenvalue weighted by Crippen LogP contribution is 2.05. The first-order valence-electron chi connectivity index (χ1n) is 5.17. The molecule has 0 bridgehead atoms. The number of aliphatic carboxylic acids is 1. The second kappa shape index (κ2) is 8.13. The van der Waals surface area contributed by atoms with Gasteiger partial charge < -0.3 is 10.4 Å². The van der Waals surface area contributed by atoms with Gasteiger partial charge in [0.15, 0.2) is 0 Å². The summed E-state index contributed by atoms with van der Waals surface area (Å²) in [5.74, 6) is -0.729. The van der Waals surface area contributed by atoms with Crippen molar-refractivity contribution in [1.82, 2.24) is 5.32 Å². The van der Waals surface area contributed by atoms with Gasteiger partial charge in [-0.1, -0.05) is 24.3 Å². The lowest BCUT2D eigenvalue weighted by Gasteiger charge is -2.06. The number of benzene rings is 1. The van der Waals surface area contributed by atoms with E-state index in [4.69, 9.17) is 5.11 Å². The zero-order valence-electron chi connectivity index (χ0n) is 9.40. The molecule has 2 N–H and O–H groups in total. The summed E-state index contributed by atoms with van der Waals surface area (Å²) in [5.41, 5.74) is 2.54. The molecular weight excluding hydrogens is 226 g/mol. The monoisotopic (exact) mass is 243 g/mol. The summed E-state index contributed by atoms with van der Waals surface area (Å²) in [5, 5.41) is 11.7. The highest BCUT2D eigenvalue weighted by Gasteiger charge is 1.98. The van der Waals surface area contributed by atoms with Crippen LogP contribution >= 0.6 is 12.4 Å². The predicted molar refractivity (Wildman–Crippen MR) is 67.0 cm³/mol. The lowest BCUT2D eigenvalue weighted by molar-refractivity contribution is -0.137. The third-order valence-corrected chi connectivity index (χ3v) is 2.32. The molecule has 0 heterocycles. The van der Waals surface area contributed by atoms with Crippen molar-refractivity contribution in [2.75, 3.05) is 6.54 Å². The van der Waals surface area contributed by atoms with Gasteiger partial charge in [-0.05, 0) is 31.0 Å². The number of aryl methyl sites for hydroxylation is 1. The van der Waals surface area contributed by atoms with E-state index in [-0.39, 0.29) is 18.8 Å². The Labute approximate surface area is 102 Å². The van der Waals surface area contributed by atoms with Crippen molar-refractivity contribution in [3.8, 4) is 0 Å². The summed E-state index contributed by atoms with van der Waals surface area (Å²) in [7, 11) is 0. The van der Waals surface area contributed by atoms with Crippen molar-refractivity contribution in [2.24, 2.45) is 0 Å². The van der Waals surface area contributed by atoms with Crippen molar-refractivity contribution in [3.63, 3.8) is 0 Å². The van der Waals surface area contributed by atoms with E-state index in [2.05, 4.69) is 24.4 Å². The van der Waals surface area contributed by atoms with Crippen molar-refractivity contribution in [3.05, 3.63) is 35.4 Å². The van der Waals surface area contributed by atoms with Gasteiger partial charge in [-0.25, -0.2) is 0 Å². The minimum Gasteiger partial charge on any atom is -0.481 e. The second-order valence-corrected chi connectivity index (χ2v) is 3.60. The van der Waals surface area contributed by atoms with E-state index in [1.807, 2.05) is 12.1 Å². The van der Waals surface area contributed by atoms with Gasteiger partial charge in [-0.2, -0.15) is 0 Å². The molecule has 90 valence electrons. The van der Waals surface area contributed by atoms with E-state index in [0.29, 0.717) is 6.42 Å². The molecule has 0 radical (unpaired) electrons. The molecule has 0 aliphatic rings. The van der Waals surface area contributed by atoms with Crippen molar-refractivity contribution in [1.29, 1.82) is 0 Å². The molecule has 0 saturated heterocycles. The molecule has 16 heavy (non-hydrogen) atoms. The maximum Gasteiger partial charge on any atom is 0.303 e. The quantitative estimate of drug-likeness (QED) is 0.755. The largest absolute Gasteiger partial charge is 0.481 e. The molecule has 0 fully saturated rings. The molecule has 3 nitrogen and oxygen atoms in total. The molecule has 1 aromatic rings. The van der Waals surface area contributed by atoms with Gasteiger partial charge in [0.1, 0.15) is 0 Å². The van der Waals surface area contributed by atoms with Gasteiger partial charge >= 0.3 is 5.97 Å². The van der Waals surface area contributed by atoms with Gasteiger partial charge in [-0.3, -0.25) is 4.79 Å². The fourth-order valence-corrected chi connectivity index (χ4v) is 1.40. The normalized spacial score (nSPS) is 9.56. The van der Waals surface area contributed by atoms with E-state index in [1.165, 1.54) is 11.1 Å². The Bertz CT molecular complexity index is 329. The number of hydrogen-bond acceptors (Lipinski definition) is 2. The molecule has 0 aliphatic heterocycles. The topological polar surface area (TPSA) is 49.3 Å². The molecule has 0 spiro atoms. The fourth-order valence-electron chi connectivity index (χ4n) is 1.40. The van der Waals surface area contributed by atoms with E-state index >= 15 is 0 Å². The first-order valence-corrected chi connectivity index (χ1v) is 5.17. The van der Waals surface area contributed by atoms with Gasteiger partial charge in [-0.15, -0.1) is 12.4 Å². The minimum atomic E-state index is -0.729. The molecule has 0 atom stereocenters. The van der Waals surface area contributed by atoms with Crippen LogP contribution in [0.1, 0.15) is 24.0 Å². The summed E-state index contributed by atoms with van der Waals surface area (Å²) in [6.45, 7) is 3.64. The number of nitrogens with one attached hydrogen (secondary N) is 1. The highest BCUT2D eigenvalue weighted by molar-refractivity contribution is 5.85. The Balaban J connectivity index is 0.00000225. The average Bonchev–Trinajstić information content (AvgIpc) is 2.20. The van der Waals surface area contributed by atoms with Crippen molar-refractivity contribution >= 4 is 18.4 Å². The Morgan fingerprint density at radius 1 is 1.38 bits per heavy atom. The SMILES string of the molecule is Cc1ccccc1CNCCCC(=O)O.Cl. The van der Waals surface area contributed by atoms with Crippen LogP contribution in [0, 0.1) is 6.92 Å². The molecule has 0 aliphatic carbocycles. The lowest BCUT2D eigenvalue weighted by atomic mass is 10.1. The van der Waals surface area contributed by atoms with Crippen LogP contribution < -0.4 is 5.32 Å². The standard InChI is InChI=1S/C12H17NO2.ClH/c1-10-5-2-3-6-11(10)9-13-8-4-7-12(14)15;/h2-3,5-6,13H,4,7-9H2,1H3,(H,14,15);1H. The minimum absolute atomic E-state index is 0. The third-order valence-electron chi connectivity index (χ3n) is 2.32. The van der Waals surface area contributed by atoms with Gasteiger partial charge in [0.05, 0.1) is 0 Å². The van der Waals surface area contributed by atoms with E-state index in [0.717, 1.165) is 13.1 Å². The average molecular weight is 244 g/mol. The summed E-state index contributed by atoms with van der Waals surface area (Å²) >= 11 is 0. The van der Waals surface area contributed by atoms with Crippen LogP contribution in [0.2, 0.25) is 0 Å². The zero-order chi connectivity index (χ0) is 11.1. The number of carboxylic acids is 1. The molecule has 4 heteroatoms. The smallest absolute Gasteiger partial charge is 0.303 e. The zero-order valence-corrected chi connectivity index (χ0v) is 10.2. The maximum absolute atomic E-state index is 10.3. The number of carbonyl (C=O) groups is 1. The van der Waals surface area contributed by atoms with Gasteiger partial charge in [0.25, 0.3) is 0 Å². The summed E-state index contributed by atoms with van der Waals surface area (Å²) in [4.78, 5) is 10.3. The second-order valence-electron chi connectivity index (χ2n) is 3.60. The fraction of sp³-hybridized carbons (Fsp3) is 0.417. The summed E-state index contributed by atoms with van der Waals surface area (Å²) < 4.78 is 0. The third kappa shape index (κ3) is 5.73. The van der Waals surface area contributed by atoms with Crippen LogP contribution in [0.4, 0.5) is 0 Å². The van der Waals surface area contributed by atoms with Crippen LogP contribution in [0.25, 0.3) is 0 Å². The molecule has 1 rings (SSSR count). The van der Waals surface area contributed by atoms with E-state index in [1.54, 1.807) is 0 Å². The van der Waals surface area contributed by atoms with E-state index < -0.39 is 5.97 Å². The Hall–Kier alpha value is -1.06. The number of halogens is 1.